The number of carbonyl (C=O) groups excluding carboxylic acids is 2. The number of hydrogen-bond acceptors (Lipinski definition) is 5. The van der Waals surface area contributed by atoms with E-state index >= 15 is 0 Å². The minimum atomic E-state index is -0.637. The molecule has 7 heteroatoms. The zero-order chi connectivity index (χ0) is 24.8. The molecule has 3 aromatic carbocycles. The van der Waals surface area contributed by atoms with Gasteiger partial charge in [0.05, 0.1) is 12.2 Å². The summed E-state index contributed by atoms with van der Waals surface area (Å²) >= 11 is 0. The maximum atomic E-state index is 12.4. The average molecular weight is 474 g/mol. The summed E-state index contributed by atoms with van der Waals surface area (Å²) in [5.74, 6) is 0.592. The monoisotopic (exact) mass is 473 g/mol. The van der Waals surface area contributed by atoms with Crippen molar-refractivity contribution in [2.75, 3.05) is 19.8 Å². The van der Waals surface area contributed by atoms with Crippen molar-refractivity contribution in [1.29, 1.82) is 0 Å². The summed E-state index contributed by atoms with van der Waals surface area (Å²) in [6, 6.07) is 23.2. The highest BCUT2D eigenvalue weighted by atomic mass is 16.6. The number of rotatable bonds is 7. The molecule has 7 nitrogen and oxygen atoms in total. The molecule has 35 heavy (non-hydrogen) atoms. The van der Waals surface area contributed by atoms with Crippen molar-refractivity contribution in [3.05, 3.63) is 83.9 Å². The van der Waals surface area contributed by atoms with E-state index in [4.69, 9.17) is 14.2 Å². The Morgan fingerprint density at radius 3 is 2.09 bits per heavy atom. The van der Waals surface area contributed by atoms with E-state index in [0.29, 0.717) is 18.0 Å². The molecule has 0 fully saturated rings. The molecule has 0 heterocycles. The van der Waals surface area contributed by atoms with Gasteiger partial charge in [0, 0.05) is 5.92 Å². The van der Waals surface area contributed by atoms with E-state index < -0.39 is 17.8 Å². The number of hydrogen-bond donors (Lipinski definition) is 1. The van der Waals surface area contributed by atoms with Crippen LogP contribution in [0.2, 0.25) is 0 Å². The van der Waals surface area contributed by atoms with Crippen LogP contribution in [0.25, 0.3) is 11.1 Å². The van der Waals surface area contributed by atoms with Gasteiger partial charge in [-0.25, -0.2) is 9.59 Å². The predicted molar refractivity (Wildman–Crippen MR) is 133 cm³/mol. The van der Waals surface area contributed by atoms with Gasteiger partial charge >= 0.3 is 12.2 Å². The maximum absolute atomic E-state index is 12.4. The molecular formula is C28H29N2O5. The van der Waals surface area contributed by atoms with E-state index in [1.54, 1.807) is 45.0 Å². The molecule has 0 aliphatic heterocycles. The topological polar surface area (TPSA) is 88.0 Å². The lowest BCUT2D eigenvalue weighted by molar-refractivity contribution is 0.0520. The Hall–Kier alpha value is -4.00. The molecule has 0 saturated heterocycles. The highest BCUT2D eigenvalue weighted by Gasteiger charge is 2.29. The van der Waals surface area contributed by atoms with Crippen molar-refractivity contribution < 1.29 is 23.8 Å². The third-order valence-electron chi connectivity index (χ3n) is 5.43. The molecule has 1 radical (unpaired) electrons. The van der Waals surface area contributed by atoms with Gasteiger partial charge < -0.3 is 19.5 Å². The van der Waals surface area contributed by atoms with E-state index in [1.165, 1.54) is 11.1 Å². The van der Waals surface area contributed by atoms with Crippen LogP contribution < -0.4 is 15.4 Å². The molecule has 0 unspecified atom stereocenters. The van der Waals surface area contributed by atoms with Crippen LogP contribution in [0.15, 0.2) is 72.8 Å². The van der Waals surface area contributed by atoms with Crippen molar-refractivity contribution >= 4 is 17.9 Å². The standard InChI is InChI=1S/C28H29N2O5/c1-28(2,3)35-26(31)29-16-17-33-20-14-12-19(13-15-20)30-27(32)34-18-25-23-10-6-4-8-21(23)22-9-5-7-11-24(22)25/h4-15,25H,16-18H2,1-3H3,(H,29,31). The molecule has 0 aromatic heterocycles. The highest BCUT2D eigenvalue weighted by molar-refractivity contribution is 5.79. The molecule has 0 spiro atoms. The summed E-state index contributed by atoms with van der Waals surface area (Å²) < 4.78 is 16.3. The zero-order valence-corrected chi connectivity index (χ0v) is 20.1. The van der Waals surface area contributed by atoms with E-state index in [9.17, 15) is 9.59 Å². The molecule has 0 bridgehead atoms. The molecule has 0 saturated carbocycles. The number of nitrogens with one attached hydrogen (secondary N) is 1. The van der Waals surface area contributed by atoms with Gasteiger partial charge in [0.25, 0.3) is 0 Å². The third kappa shape index (κ3) is 6.32. The summed E-state index contributed by atoms with van der Waals surface area (Å²) in [5, 5.41) is 6.67. The summed E-state index contributed by atoms with van der Waals surface area (Å²) in [6.45, 7) is 6.22. The average Bonchev–Trinajstić information content (AvgIpc) is 3.14. The predicted octanol–water partition coefficient (Wildman–Crippen LogP) is 5.78. The van der Waals surface area contributed by atoms with Gasteiger partial charge in [-0.15, -0.1) is 0 Å². The van der Waals surface area contributed by atoms with Gasteiger partial charge in [-0.3, -0.25) is 0 Å². The number of nitrogens with zero attached hydrogens (tertiary/aromatic N) is 1. The van der Waals surface area contributed by atoms with Crippen LogP contribution in [-0.2, 0) is 9.47 Å². The number of carbonyl (C=O) groups is 2. The second-order valence-corrected chi connectivity index (χ2v) is 9.19. The molecule has 181 valence electrons. The first-order valence-electron chi connectivity index (χ1n) is 11.6. The molecule has 1 aliphatic carbocycles. The van der Waals surface area contributed by atoms with Crippen molar-refractivity contribution in [2.45, 2.75) is 32.3 Å². The maximum Gasteiger partial charge on any atom is 0.434 e. The van der Waals surface area contributed by atoms with Crippen LogP contribution in [0.5, 0.6) is 5.75 Å². The van der Waals surface area contributed by atoms with Gasteiger partial charge in [-0.1, -0.05) is 48.5 Å². The Labute approximate surface area is 205 Å². The molecule has 3 aromatic rings. The SMILES string of the molecule is CC(C)(C)OC(=O)NCCOc1ccc([N]C(=O)OCC2c3ccccc3-c3ccccc32)cc1. The second kappa shape index (κ2) is 10.5. The lowest BCUT2D eigenvalue weighted by atomic mass is 9.98. The second-order valence-electron chi connectivity index (χ2n) is 9.19. The summed E-state index contributed by atoms with van der Waals surface area (Å²) in [7, 11) is 0. The number of alkyl carbamates (subject to hydrolysis) is 1. The van der Waals surface area contributed by atoms with Gasteiger partial charge in [-0.2, -0.15) is 5.32 Å². The molecule has 1 aliphatic rings. The fourth-order valence-corrected chi connectivity index (χ4v) is 3.98. The Balaban J connectivity index is 1.23. The first kappa shape index (κ1) is 24.1. The van der Waals surface area contributed by atoms with Crippen LogP contribution in [0.3, 0.4) is 0 Å². The van der Waals surface area contributed by atoms with Crippen molar-refractivity contribution in [3.8, 4) is 16.9 Å². The quantitative estimate of drug-likeness (QED) is 0.440. The van der Waals surface area contributed by atoms with Crippen molar-refractivity contribution in [1.82, 2.24) is 10.6 Å². The van der Waals surface area contributed by atoms with Crippen LogP contribution in [-0.4, -0.2) is 37.5 Å². The van der Waals surface area contributed by atoms with Gasteiger partial charge in [0.1, 0.15) is 24.6 Å². The third-order valence-corrected chi connectivity index (χ3v) is 5.43. The Morgan fingerprint density at radius 1 is 0.886 bits per heavy atom. The van der Waals surface area contributed by atoms with E-state index in [-0.39, 0.29) is 19.1 Å². The van der Waals surface area contributed by atoms with Crippen molar-refractivity contribution in [2.24, 2.45) is 0 Å². The Bertz CT molecular complexity index is 1140. The minimum absolute atomic E-state index is 0.00776. The largest absolute Gasteiger partial charge is 0.492 e. The molecule has 4 rings (SSSR count). The van der Waals surface area contributed by atoms with Crippen LogP contribution in [0, 0.1) is 0 Å². The number of benzene rings is 3. The lowest BCUT2D eigenvalue weighted by Gasteiger charge is -2.19. The lowest BCUT2D eigenvalue weighted by Crippen LogP contribution is -2.34. The van der Waals surface area contributed by atoms with E-state index in [2.05, 4.69) is 34.9 Å². The summed E-state index contributed by atoms with van der Waals surface area (Å²) in [5.41, 5.74) is 4.60. The Kier molecular flexibility index (Phi) is 7.25. The molecule has 1 N–H and O–H groups in total. The molecule has 0 atom stereocenters. The smallest absolute Gasteiger partial charge is 0.434 e. The zero-order valence-electron chi connectivity index (χ0n) is 20.1. The van der Waals surface area contributed by atoms with Gasteiger partial charge in [0.15, 0.2) is 0 Å². The van der Waals surface area contributed by atoms with Crippen LogP contribution in [0.1, 0.15) is 37.8 Å². The van der Waals surface area contributed by atoms with Crippen LogP contribution in [0.4, 0.5) is 15.3 Å². The number of amides is 2. The minimum Gasteiger partial charge on any atom is -0.492 e. The highest BCUT2D eigenvalue weighted by Crippen LogP contribution is 2.44. The van der Waals surface area contributed by atoms with Gasteiger partial charge in [-0.05, 0) is 67.3 Å². The summed E-state index contributed by atoms with van der Waals surface area (Å²) in [6.07, 6.45) is -1.12. The van der Waals surface area contributed by atoms with Gasteiger partial charge in [0.2, 0.25) is 0 Å². The number of ether oxygens (including phenoxy) is 3. The fourth-order valence-electron chi connectivity index (χ4n) is 3.98. The van der Waals surface area contributed by atoms with Crippen molar-refractivity contribution in [3.63, 3.8) is 0 Å². The van der Waals surface area contributed by atoms with Crippen LogP contribution >= 0.6 is 0 Å². The molecule has 2 amide bonds. The number of fused-ring (bicyclic) bond motifs is 3. The first-order chi connectivity index (χ1) is 16.8. The first-order valence-corrected chi connectivity index (χ1v) is 11.6. The molecular weight excluding hydrogens is 444 g/mol. The normalized spacial score (nSPS) is 12.3. The van der Waals surface area contributed by atoms with E-state index in [0.717, 1.165) is 11.1 Å². The van der Waals surface area contributed by atoms with E-state index in [1.807, 2.05) is 24.3 Å². The summed E-state index contributed by atoms with van der Waals surface area (Å²) in [4.78, 5) is 24.0. The Morgan fingerprint density at radius 2 is 1.49 bits per heavy atom. The fraction of sp³-hybridized carbons (Fsp3) is 0.286.